The van der Waals surface area contributed by atoms with Gasteiger partial charge in [0.1, 0.15) is 0 Å². The number of anilines is 1. The van der Waals surface area contributed by atoms with Crippen LogP contribution in [0.1, 0.15) is 16.7 Å². The number of halogens is 1. The number of aryl methyl sites for hydroxylation is 2. The summed E-state index contributed by atoms with van der Waals surface area (Å²) in [5, 5.41) is 24.0. The van der Waals surface area contributed by atoms with E-state index in [-0.39, 0.29) is 11.0 Å². The van der Waals surface area contributed by atoms with Crippen molar-refractivity contribution in [3.63, 3.8) is 0 Å². The summed E-state index contributed by atoms with van der Waals surface area (Å²) in [5.41, 5.74) is 5.31. The van der Waals surface area contributed by atoms with E-state index in [1.54, 1.807) is 4.57 Å². The SMILES string of the molecule is Cc1ccc(NC(=S)N=Nc2c(O)n(Cc3ccccc3Cl)c3ccccc23)cc1C. The van der Waals surface area contributed by atoms with Gasteiger partial charge in [0.05, 0.1) is 12.1 Å². The Morgan fingerprint density at radius 1 is 1.03 bits per heavy atom. The Balaban J connectivity index is 1.64. The van der Waals surface area contributed by atoms with Crippen LogP contribution in [0, 0.1) is 13.8 Å². The second kappa shape index (κ2) is 8.88. The molecule has 0 fully saturated rings. The molecule has 0 atom stereocenters. The molecule has 156 valence electrons. The quantitative estimate of drug-likeness (QED) is 0.257. The fraction of sp³-hybridized carbons (Fsp3) is 0.125. The zero-order valence-electron chi connectivity index (χ0n) is 17.1. The summed E-state index contributed by atoms with van der Waals surface area (Å²) in [6, 6.07) is 21.2. The van der Waals surface area contributed by atoms with E-state index in [1.165, 1.54) is 5.56 Å². The molecule has 0 saturated heterocycles. The lowest BCUT2D eigenvalue weighted by Gasteiger charge is -2.08. The number of rotatable bonds is 4. The first-order valence-electron chi connectivity index (χ1n) is 9.77. The summed E-state index contributed by atoms with van der Waals surface area (Å²) in [6.45, 7) is 4.50. The molecule has 0 radical (unpaired) electrons. The van der Waals surface area contributed by atoms with Gasteiger partial charge in [-0.3, -0.25) is 0 Å². The van der Waals surface area contributed by atoms with E-state index in [4.69, 9.17) is 23.8 Å². The molecular formula is C24H21ClN4OS. The van der Waals surface area contributed by atoms with Crippen molar-refractivity contribution < 1.29 is 5.11 Å². The van der Waals surface area contributed by atoms with E-state index in [0.29, 0.717) is 17.3 Å². The molecular weight excluding hydrogens is 428 g/mol. The smallest absolute Gasteiger partial charge is 0.221 e. The highest BCUT2D eigenvalue weighted by Gasteiger charge is 2.17. The molecule has 4 aromatic rings. The summed E-state index contributed by atoms with van der Waals surface area (Å²) in [6.07, 6.45) is 0. The Kier molecular flexibility index (Phi) is 6.02. The van der Waals surface area contributed by atoms with Gasteiger partial charge in [-0.25, -0.2) is 0 Å². The molecule has 3 aromatic carbocycles. The van der Waals surface area contributed by atoms with Gasteiger partial charge in [-0.2, -0.15) is 0 Å². The van der Waals surface area contributed by atoms with Gasteiger partial charge >= 0.3 is 0 Å². The van der Waals surface area contributed by atoms with Crippen LogP contribution in [0.3, 0.4) is 0 Å². The van der Waals surface area contributed by atoms with E-state index in [1.807, 2.05) is 73.7 Å². The number of para-hydroxylation sites is 1. The fourth-order valence-corrected chi connectivity index (χ4v) is 3.74. The van der Waals surface area contributed by atoms with Crippen molar-refractivity contribution >= 4 is 51.2 Å². The van der Waals surface area contributed by atoms with Crippen molar-refractivity contribution in [1.29, 1.82) is 0 Å². The molecule has 31 heavy (non-hydrogen) atoms. The molecule has 1 aromatic heterocycles. The van der Waals surface area contributed by atoms with Gasteiger partial charge in [-0.15, -0.1) is 10.2 Å². The maximum absolute atomic E-state index is 10.9. The molecule has 4 rings (SSSR count). The number of benzene rings is 3. The summed E-state index contributed by atoms with van der Waals surface area (Å²) < 4.78 is 1.77. The number of nitrogens with zero attached hydrogens (tertiary/aromatic N) is 3. The second-order valence-electron chi connectivity index (χ2n) is 7.30. The minimum Gasteiger partial charge on any atom is -0.493 e. The largest absolute Gasteiger partial charge is 0.493 e. The van der Waals surface area contributed by atoms with Crippen LogP contribution in [0.4, 0.5) is 11.4 Å². The lowest BCUT2D eigenvalue weighted by molar-refractivity contribution is 0.429. The molecule has 7 heteroatoms. The molecule has 0 spiro atoms. The molecule has 0 aliphatic heterocycles. The third-order valence-electron chi connectivity index (χ3n) is 5.20. The Bertz CT molecular complexity index is 1310. The number of hydrogen-bond acceptors (Lipinski definition) is 3. The average molecular weight is 449 g/mol. The van der Waals surface area contributed by atoms with E-state index < -0.39 is 0 Å². The van der Waals surface area contributed by atoms with E-state index in [2.05, 4.69) is 22.5 Å². The Morgan fingerprint density at radius 2 is 1.77 bits per heavy atom. The van der Waals surface area contributed by atoms with E-state index in [0.717, 1.165) is 27.7 Å². The summed E-state index contributed by atoms with van der Waals surface area (Å²) >= 11 is 11.7. The maximum atomic E-state index is 10.9. The lowest BCUT2D eigenvalue weighted by atomic mass is 10.1. The monoisotopic (exact) mass is 448 g/mol. The van der Waals surface area contributed by atoms with Crippen LogP contribution in [-0.2, 0) is 6.54 Å². The first kappa shape index (κ1) is 21.0. The van der Waals surface area contributed by atoms with Crippen LogP contribution in [0.5, 0.6) is 5.88 Å². The zero-order chi connectivity index (χ0) is 22.0. The summed E-state index contributed by atoms with van der Waals surface area (Å²) in [7, 11) is 0. The molecule has 2 N–H and O–H groups in total. The molecule has 0 amide bonds. The Hall–Kier alpha value is -3.22. The summed E-state index contributed by atoms with van der Waals surface area (Å²) in [4.78, 5) is 0. The number of hydrogen-bond donors (Lipinski definition) is 2. The third kappa shape index (κ3) is 4.45. The van der Waals surface area contributed by atoms with E-state index in [9.17, 15) is 5.11 Å². The first-order chi connectivity index (χ1) is 14.9. The number of thiocarbonyl (C=S) groups is 1. The van der Waals surface area contributed by atoms with Gasteiger partial charge in [0.2, 0.25) is 11.0 Å². The molecule has 0 unspecified atom stereocenters. The van der Waals surface area contributed by atoms with Crippen molar-refractivity contribution in [3.8, 4) is 5.88 Å². The second-order valence-corrected chi connectivity index (χ2v) is 8.09. The fourth-order valence-electron chi connectivity index (χ4n) is 3.39. The number of aromatic nitrogens is 1. The van der Waals surface area contributed by atoms with Crippen molar-refractivity contribution in [2.45, 2.75) is 20.4 Å². The topological polar surface area (TPSA) is 61.9 Å². The van der Waals surface area contributed by atoms with Gasteiger partial charge in [-0.05, 0) is 67.0 Å². The molecule has 0 aliphatic carbocycles. The van der Waals surface area contributed by atoms with Crippen molar-refractivity contribution in [3.05, 3.63) is 88.4 Å². The van der Waals surface area contributed by atoms with Crippen LogP contribution < -0.4 is 5.32 Å². The molecule has 0 aliphatic rings. The summed E-state index contributed by atoms with van der Waals surface area (Å²) in [5.74, 6) is 0.0128. The highest BCUT2D eigenvalue weighted by atomic mass is 35.5. The Labute approximate surface area is 191 Å². The predicted octanol–water partition coefficient (Wildman–Crippen LogP) is 7.15. The van der Waals surface area contributed by atoms with Crippen LogP contribution in [-0.4, -0.2) is 14.8 Å². The zero-order valence-corrected chi connectivity index (χ0v) is 18.7. The van der Waals surface area contributed by atoms with Crippen LogP contribution >= 0.6 is 23.8 Å². The number of fused-ring (bicyclic) bond motifs is 1. The highest BCUT2D eigenvalue weighted by molar-refractivity contribution is 7.80. The van der Waals surface area contributed by atoms with Crippen LogP contribution in [0.2, 0.25) is 5.02 Å². The average Bonchev–Trinajstić information content (AvgIpc) is 3.02. The maximum Gasteiger partial charge on any atom is 0.221 e. The molecule has 1 heterocycles. The minimum atomic E-state index is 0.0128. The van der Waals surface area contributed by atoms with Gasteiger partial charge in [-0.1, -0.05) is 54.1 Å². The van der Waals surface area contributed by atoms with E-state index >= 15 is 0 Å². The Morgan fingerprint density at radius 3 is 2.55 bits per heavy atom. The van der Waals surface area contributed by atoms with Gasteiger partial charge in [0, 0.05) is 16.1 Å². The highest BCUT2D eigenvalue weighted by Crippen LogP contribution is 2.39. The van der Waals surface area contributed by atoms with Crippen molar-refractivity contribution in [1.82, 2.24) is 4.57 Å². The number of nitrogens with one attached hydrogen (secondary N) is 1. The normalized spacial score (nSPS) is 11.3. The molecule has 0 saturated carbocycles. The van der Waals surface area contributed by atoms with Crippen LogP contribution in [0.25, 0.3) is 10.9 Å². The minimum absolute atomic E-state index is 0.0128. The van der Waals surface area contributed by atoms with Crippen molar-refractivity contribution in [2.75, 3.05) is 5.32 Å². The van der Waals surface area contributed by atoms with Crippen molar-refractivity contribution in [2.24, 2.45) is 10.2 Å². The van der Waals surface area contributed by atoms with Crippen LogP contribution in [0.15, 0.2) is 77.0 Å². The standard InChI is InChI=1S/C24H21ClN4OS/c1-15-11-12-18(13-16(15)2)26-24(31)28-27-22-19-8-4-6-10-21(19)29(23(22)30)14-17-7-3-5-9-20(17)25/h3-13,30H,14H2,1-2H3,(H,26,31). The number of aromatic hydroxyl groups is 1. The number of azo groups is 1. The lowest BCUT2D eigenvalue weighted by Crippen LogP contribution is -2.05. The third-order valence-corrected chi connectivity index (χ3v) is 5.76. The molecule has 5 nitrogen and oxygen atoms in total. The van der Waals surface area contributed by atoms with Gasteiger partial charge < -0.3 is 15.0 Å². The van der Waals surface area contributed by atoms with Gasteiger partial charge in [0.25, 0.3) is 0 Å². The van der Waals surface area contributed by atoms with Gasteiger partial charge in [0.15, 0.2) is 5.69 Å². The molecule has 0 bridgehead atoms. The first-order valence-corrected chi connectivity index (χ1v) is 10.6. The predicted molar refractivity (Wildman–Crippen MR) is 131 cm³/mol.